The second kappa shape index (κ2) is 9.17. The Bertz CT molecular complexity index is 984. The topological polar surface area (TPSA) is 41.5 Å². The molecular formula is C22H16Cl2N2O. The van der Waals surface area contributed by atoms with E-state index in [1.807, 2.05) is 48.6 Å². The van der Waals surface area contributed by atoms with Gasteiger partial charge in [-0.1, -0.05) is 77.8 Å². The number of carbonyl (C=O) groups excluding carboxylic acids is 1. The van der Waals surface area contributed by atoms with Crippen molar-refractivity contribution in [2.24, 2.45) is 4.99 Å². The number of nitrogens with zero attached hydrogens (tertiary/aromatic N) is 1. The lowest BCUT2D eigenvalue weighted by Crippen LogP contribution is -2.11. The molecule has 0 aromatic heterocycles. The minimum absolute atomic E-state index is 0.251. The van der Waals surface area contributed by atoms with Crippen LogP contribution in [-0.2, 0) is 0 Å². The second-order valence-corrected chi connectivity index (χ2v) is 6.47. The van der Waals surface area contributed by atoms with Crippen LogP contribution in [0.25, 0.3) is 6.08 Å². The molecule has 0 spiro atoms. The first-order valence-corrected chi connectivity index (χ1v) is 9.00. The zero-order valence-electron chi connectivity index (χ0n) is 14.3. The van der Waals surface area contributed by atoms with Gasteiger partial charge in [0.2, 0.25) is 0 Å². The van der Waals surface area contributed by atoms with Crippen molar-refractivity contribution in [2.75, 3.05) is 5.32 Å². The number of carbonyl (C=O) groups is 1. The Balaban J connectivity index is 1.76. The summed E-state index contributed by atoms with van der Waals surface area (Å²) < 4.78 is 0. The molecule has 0 fully saturated rings. The van der Waals surface area contributed by atoms with E-state index in [0.29, 0.717) is 27.0 Å². The molecule has 3 rings (SSSR count). The molecule has 1 amide bonds. The third kappa shape index (κ3) is 5.30. The monoisotopic (exact) mass is 394 g/mol. The summed E-state index contributed by atoms with van der Waals surface area (Å²) in [6, 6.07) is 22.0. The Hall–Kier alpha value is -2.88. The standard InChI is InChI=1S/C22H16Cl2N2O/c23-18-14-19(24)21(26-22(27)17-11-5-2-6-12-17)15-20(18)25-13-7-10-16-8-3-1-4-9-16/h1-15H,(H,26,27)/b10-7+,25-13?. The van der Waals surface area contributed by atoms with E-state index in [2.05, 4.69) is 10.3 Å². The summed E-state index contributed by atoms with van der Waals surface area (Å²) in [5, 5.41) is 3.54. The Morgan fingerprint density at radius 1 is 0.889 bits per heavy atom. The molecule has 3 aromatic rings. The number of benzene rings is 3. The van der Waals surface area contributed by atoms with Gasteiger partial charge in [0.25, 0.3) is 5.91 Å². The maximum Gasteiger partial charge on any atom is 0.255 e. The van der Waals surface area contributed by atoms with E-state index in [4.69, 9.17) is 23.2 Å². The SMILES string of the molecule is O=C(Nc1cc(N=C/C=C/c2ccccc2)c(Cl)cc1Cl)c1ccccc1. The highest BCUT2D eigenvalue weighted by Crippen LogP contribution is 2.34. The summed E-state index contributed by atoms with van der Waals surface area (Å²) in [4.78, 5) is 16.7. The average molecular weight is 395 g/mol. The molecule has 0 atom stereocenters. The molecule has 0 saturated carbocycles. The van der Waals surface area contributed by atoms with E-state index in [0.717, 1.165) is 5.56 Å². The van der Waals surface area contributed by atoms with Gasteiger partial charge in [-0.25, -0.2) is 0 Å². The van der Waals surface area contributed by atoms with Crippen LogP contribution in [0.2, 0.25) is 10.0 Å². The van der Waals surface area contributed by atoms with Crippen LogP contribution in [-0.4, -0.2) is 12.1 Å². The van der Waals surface area contributed by atoms with Crippen LogP contribution in [0, 0.1) is 0 Å². The number of rotatable bonds is 5. The third-order valence-corrected chi connectivity index (χ3v) is 4.32. The van der Waals surface area contributed by atoms with Gasteiger partial charge in [0.15, 0.2) is 0 Å². The van der Waals surface area contributed by atoms with Gasteiger partial charge in [0.1, 0.15) is 0 Å². The number of anilines is 1. The van der Waals surface area contributed by atoms with E-state index < -0.39 is 0 Å². The number of aliphatic imine (C=N–C) groups is 1. The maximum absolute atomic E-state index is 12.3. The molecule has 0 aliphatic rings. The predicted octanol–water partition coefficient (Wildman–Crippen LogP) is 6.66. The van der Waals surface area contributed by atoms with Crippen molar-refractivity contribution in [1.29, 1.82) is 0 Å². The van der Waals surface area contributed by atoms with Crippen molar-refractivity contribution in [2.45, 2.75) is 0 Å². The Labute approximate surface area is 168 Å². The van der Waals surface area contributed by atoms with Crippen LogP contribution in [0.15, 0.2) is 83.9 Å². The Morgan fingerprint density at radius 2 is 1.56 bits per heavy atom. The van der Waals surface area contributed by atoms with Crippen molar-refractivity contribution >= 4 is 52.8 Å². The summed E-state index contributed by atoms with van der Waals surface area (Å²) in [5.74, 6) is -0.251. The van der Waals surface area contributed by atoms with E-state index >= 15 is 0 Å². The van der Waals surface area contributed by atoms with Crippen LogP contribution in [0.1, 0.15) is 15.9 Å². The third-order valence-electron chi connectivity index (χ3n) is 3.71. The van der Waals surface area contributed by atoms with Crippen molar-refractivity contribution in [3.8, 4) is 0 Å². The quantitative estimate of drug-likeness (QED) is 0.482. The van der Waals surface area contributed by atoms with Gasteiger partial charge >= 0.3 is 0 Å². The molecule has 0 aliphatic carbocycles. The van der Waals surface area contributed by atoms with E-state index in [1.54, 1.807) is 42.6 Å². The molecule has 0 aliphatic heterocycles. The van der Waals surface area contributed by atoms with E-state index in [-0.39, 0.29) is 5.91 Å². The molecule has 1 N–H and O–H groups in total. The summed E-state index contributed by atoms with van der Waals surface area (Å²) in [6.07, 6.45) is 5.40. The van der Waals surface area contributed by atoms with Gasteiger partial charge in [-0.2, -0.15) is 0 Å². The summed E-state index contributed by atoms with van der Waals surface area (Å²) in [7, 11) is 0. The molecule has 0 radical (unpaired) electrons. The lowest BCUT2D eigenvalue weighted by molar-refractivity contribution is 0.102. The van der Waals surface area contributed by atoms with Gasteiger partial charge in [0.05, 0.1) is 21.4 Å². The van der Waals surface area contributed by atoms with Crippen LogP contribution in [0.3, 0.4) is 0 Å². The Morgan fingerprint density at radius 3 is 2.26 bits per heavy atom. The van der Waals surface area contributed by atoms with Gasteiger partial charge < -0.3 is 5.32 Å². The molecule has 0 unspecified atom stereocenters. The maximum atomic E-state index is 12.3. The van der Waals surface area contributed by atoms with E-state index in [9.17, 15) is 4.79 Å². The molecule has 27 heavy (non-hydrogen) atoms. The normalized spacial score (nSPS) is 11.2. The highest BCUT2D eigenvalue weighted by atomic mass is 35.5. The minimum atomic E-state index is -0.251. The number of hydrogen-bond donors (Lipinski definition) is 1. The molecule has 0 heterocycles. The van der Waals surface area contributed by atoms with Crippen molar-refractivity contribution in [1.82, 2.24) is 0 Å². The number of hydrogen-bond acceptors (Lipinski definition) is 2. The zero-order valence-corrected chi connectivity index (χ0v) is 15.8. The fourth-order valence-electron chi connectivity index (χ4n) is 2.36. The zero-order chi connectivity index (χ0) is 19.1. The molecular weight excluding hydrogens is 379 g/mol. The lowest BCUT2D eigenvalue weighted by atomic mass is 10.2. The highest BCUT2D eigenvalue weighted by Gasteiger charge is 2.11. The fourth-order valence-corrected chi connectivity index (χ4v) is 2.84. The second-order valence-electron chi connectivity index (χ2n) is 5.65. The number of halogens is 2. The first kappa shape index (κ1) is 18.9. The molecule has 3 nitrogen and oxygen atoms in total. The van der Waals surface area contributed by atoms with Crippen molar-refractivity contribution < 1.29 is 4.79 Å². The number of amides is 1. The molecule has 0 saturated heterocycles. The van der Waals surface area contributed by atoms with Crippen LogP contribution < -0.4 is 5.32 Å². The summed E-state index contributed by atoms with van der Waals surface area (Å²) >= 11 is 12.4. The minimum Gasteiger partial charge on any atom is -0.321 e. The molecule has 5 heteroatoms. The van der Waals surface area contributed by atoms with Crippen LogP contribution in [0.4, 0.5) is 11.4 Å². The van der Waals surface area contributed by atoms with Crippen molar-refractivity contribution in [3.05, 3.63) is 100 Å². The largest absolute Gasteiger partial charge is 0.321 e. The fraction of sp³-hybridized carbons (Fsp3) is 0. The molecule has 3 aromatic carbocycles. The van der Waals surface area contributed by atoms with Crippen LogP contribution in [0.5, 0.6) is 0 Å². The van der Waals surface area contributed by atoms with Gasteiger partial charge in [-0.15, -0.1) is 0 Å². The predicted molar refractivity (Wildman–Crippen MR) is 114 cm³/mol. The lowest BCUT2D eigenvalue weighted by Gasteiger charge is -2.09. The summed E-state index contributed by atoms with van der Waals surface area (Å²) in [5.41, 5.74) is 2.58. The first-order valence-electron chi connectivity index (χ1n) is 8.25. The number of nitrogens with one attached hydrogen (secondary N) is 1. The summed E-state index contributed by atoms with van der Waals surface area (Å²) in [6.45, 7) is 0. The van der Waals surface area contributed by atoms with E-state index in [1.165, 1.54) is 0 Å². The smallest absolute Gasteiger partial charge is 0.255 e. The first-order chi connectivity index (χ1) is 13.1. The average Bonchev–Trinajstić information content (AvgIpc) is 2.69. The van der Waals surface area contributed by atoms with Gasteiger partial charge in [-0.3, -0.25) is 9.79 Å². The van der Waals surface area contributed by atoms with Gasteiger partial charge in [-0.05, 0) is 35.9 Å². The van der Waals surface area contributed by atoms with Gasteiger partial charge in [0, 0.05) is 11.8 Å². The molecule has 134 valence electrons. The van der Waals surface area contributed by atoms with Crippen LogP contribution >= 0.6 is 23.2 Å². The molecule has 0 bridgehead atoms. The highest BCUT2D eigenvalue weighted by molar-refractivity contribution is 6.38. The Kier molecular flexibility index (Phi) is 6.42. The number of allylic oxidation sites excluding steroid dienone is 1. The van der Waals surface area contributed by atoms with Crippen molar-refractivity contribution in [3.63, 3.8) is 0 Å².